The van der Waals surface area contributed by atoms with E-state index in [9.17, 15) is 4.39 Å². The van der Waals surface area contributed by atoms with Gasteiger partial charge in [0, 0.05) is 20.0 Å². The van der Waals surface area contributed by atoms with E-state index in [0.717, 1.165) is 36.1 Å². The molecule has 0 bridgehead atoms. The van der Waals surface area contributed by atoms with E-state index in [1.807, 2.05) is 0 Å². The lowest BCUT2D eigenvalue weighted by Crippen LogP contribution is -2.03. The molecule has 0 unspecified atom stereocenters. The van der Waals surface area contributed by atoms with Gasteiger partial charge in [-0.2, -0.15) is 0 Å². The van der Waals surface area contributed by atoms with Crippen molar-refractivity contribution < 1.29 is 4.39 Å². The summed E-state index contributed by atoms with van der Waals surface area (Å²) in [7, 11) is 2.07. The molecule has 0 saturated heterocycles. The lowest BCUT2D eigenvalue weighted by atomic mass is 10.1. The van der Waals surface area contributed by atoms with Crippen LogP contribution in [0.2, 0.25) is 0 Å². The molecule has 3 nitrogen and oxygen atoms in total. The van der Waals surface area contributed by atoms with Gasteiger partial charge in [-0.1, -0.05) is 19.4 Å². The zero-order valence-electron chi connectivity index (χ0n) is 12.9. The summed E-state index contributed by atoms with van der Waals surface area (Å²) in [5, 5.41) is 0. The van der Waals surface area contributed by atoms with Crippen LogP contribution in [0.15, 0.2) is 30.1 Å². The first-order valence-corrected chi connectivity index (χ1v) is 7.62. The van der Waals surface area contributed by atoms with Crippen LogP contribution in [0.3, 0.4) is 0 Å². The van der Waals surface area contributed by atoms with Gasteiger partial charge in [-0.25, -0.2) is 9.37 Å². The minimum absolute atomic E-state index is 0.283. The highest BCUT2D eigenvalue weighted by atomic mass is 19.1. The maximum atomic E-state index is 12.5. The molecule has 2 N–H and O–H groups in total. The first-order chi connectivity index (χ1) is 10.2. The quantitative estimate of drug-likeness (QED) is 0.845. The molecule has 2 rings (SSSR count). The van der Waals surface area contributed by atoms with Crippen LogP contribution in [-0.2, 0) is 19.9 Å². The Hall–Kier alpha value is -1.68. The molecule has 0 aliphatic heterocycles. The van der Waals surface area contributed by atoms with Crippen molar-refractivity contribution in [2.24, 2.45) is 12.8 Å². The van der Waals surface area contributed by atoms with Crippen LogP contribution >= 0.6 is 0 Å². The van der Waals surface area contributed by atoms with E-state index in [0.29, 0.717) is 18.3 Å². The summed E-state index contributed by atoms with van der Waals surface area (Å²) < 4.78 is 14.7. The maximum absolute atomic E-state index is 12.5. The van der Waals surface area contributed by atoms with E-state index in [1.165, 1.54) is 12.0 Å². The van der Waals surface area contributed by atoms with Crippen molar-refractivity contribution in [2.75, 3.05) is 6.54 Å². The lowest BCUT2D eigenvalue weighted by Gasteiger charge is -2.05. The number of nitrogens with zero attached hydrogens (tertiary/aromatic N) is 2. The fourth-order valence-corrected chi connectivity index (χ4v) is 2.51. The van der Waals surface area contributed by atoms with E-state index >= 15 is 0 Å². The minimum Gasteiger partial charge on any atom is -0.331 e. The Bertz CT molecular complexity index is 628. The second-order valence-electron chi connectivity index (χ2n) is 5.49. The van der Waals surface area contributed by atoms with Crippen molar-refractivity contribution in [3.05, 3.63) is 41.5 Å². The molecule has 114 valence electrons. The van der Waals surface area contributed by atoms with E-state index in [-0.39, 0.29) is 6.54 Å². The van der Waals surface area contributed by atoms with Gasteiger partial charge in [-0.3, -0.25) is 0 Å². The fourth-order valence-electron chi connectivity index (χ4n) is 2.51. The highest BCUT2D eigenvalue weighted by Crippen LogP contribution is 2.19. The predicted octanol–water partition coefficient (Wildman–Crippen LogP) is 3.66. The van der Waals surface area contributed by atoms with Gasteiger partial charge in [-0.05, 0) is 42.5 Å². The molecular weight excluding hydrogens is 265 g/mol. The standard InChI is InChI=1S/C17H24FN3/c1-3-4-5-17-20-15-9-8-13(10-16(15)21(17)2)6-7-14(11-18)12-19/h8-11H,3-7,12,19H2,1-2H3/b14-11+. The molecule has 0 fully saturated rings. The third kappa shape index (κ3) is 3.70. The molecule has 0 spiro atoms. The number of aromatic nitrogens is 2. The molecule has 0 aliphatic rings. The zero-order valence-corrected chi connectivity index (χ0v) is 12.9. The van der Waals surface area contributed by atoms with Crippen molar-refractivity contribution in [1.29, 1.82) is 0 Å². The van der Waals surface area contributed by atoms with Crippen molar-refractivity contribution >= 4 is 11.0 Å². The SMILES string of the molecule is CCCCc1nc2ccc(CC/C(=C\F)CN)cc2n1C. The third-order valence-electron chi connectivity index (χ3n) is 3.94. The zero-order chi connectivity index (χ0) is 15.2. The van der Waals surface area contributed by atoms with Crippen LogP contribution in [0, 0.1) is 0 Å². The molecule has 0 radical (unpaired) electrons. The van der Waals surface area contributed by atoms with Crippen molar-refractivity contribution in [3.8, 4) is 0 Å². The van der Waals surface area contributed by atoms with Gasteiger partial charge in [0.1, 0.15) is 5.82 Å². The summed E-state index contributed by atoms with van der Waals surface area (Å²) in [6.07, 6.45) is 5.44. The maximum Gasteiger partial charge on any atom is 0.109 e. The molecule has 1 heterocycles. The highest BCUT2D eigenvalue weighted by Gasteiger charge is 2.08. The number of halogens is 1. The predicted molar refractivity (Wildman–Crippen MR) is 85.9 cm³/mol. The summed E-state index contributed by atoms with van der Waals surface area (Å²) in [6.45, 7) is 2.47. The van der Waals surface area contributed by atoms with Crippen LogP contribution in [0.5, 0.6) is 0 Å². The Morgan fingerprint density at radius 2 is 2.19 bits per heavy atom. The average Bonchev–Trinajstić information content (AvgIpc) is 2.82. The largest absolute Gasteiger partial charge is 0.331 e. The Morgan fingerprint density at radius 3 is 2.86 bits per heavy atom. The van der Waals surface area contributed by atoms with Crippen LogP contribution < -0.4 is 5.73 Å². The summed E-state index contributed by atoms with van der Waals surface area (Å²) in [6, 6.07) is 6.29. The smallest absolute Gasteiger partial charge is 0.109 e. The molecular formula is C17H24FN3. The van der Waals surface area contributed by atoms with Crippen LogP contribution in [0.4, 0.5) is 4.39 Å². The second-order valence-corrected chi connectivity index (χ2v) is 5.49. The summed E-state index contributed by atoms with van der Waals surface area (Å²) in [4.78, 5) is 4.69. The molecule has 0 saturated carbocycles. The number of rotatable bonds is 7. The number of hydrogen-bond donors (Lipinski definition) is 1. The molecule has 1 aromatic heterocycles. The monoisotopic (exact) mass is 289 g/mol. The Balaban J connectivity index is 2.18. The topological polar surface area (TPSA) is 43.8 Å². The first kappa shape index (κ1) is 15.7. The third-order valence-corrected chi connectivity index (χ3v) is 3.94. The van der Waals surface area contributed by atoms with Crippen molar-refractivity contribution in [3.63, 3.8) is 0 Å². The molecule has 0 amide bonds. The van der Waals surface area contributed by atoms with Gasteiger partial charge in [0.2, 0.25) is 0 Å². The van der Waals surface area contributed by atoms with Gasteiger partial charge < -0.3 is 10.3 Å². The van der Waals surface area contributed by atoms with E-state index in [1.54, 1.807) is 0 Å². The van der Waals surface area contributed by atoms with E-state index in [2.05, 4.69) is 36.7 Å². The minimum atomic E-state index is 0.283. The van der Waals surface area contributed by atoms with Gasteiger partial charge in [-0.15, -0.1) is 0 Å². The van der Waals surface area contributed by atoms with Crippen LogP contribution in [-0.4, -0.2) is 16.1 Å². The van der Waals surface area contributed by atoms with Crippen LogP contribution in [0.25, 0.3) is 11.0 Å². The number of unbranched alkanes of at least 4 members (excludes halogenated alkanes) is 1. The Labute approximate surface area is 125 Å². The molecule has 1 aromatic carbocycles. The number of nitrogens with two attached hydrogens (primary N) is 1. The number of benzene rings is 1. The highest BCUT2D eigenvalue weighted by molar-refractivity contribution is 5.76. The Kier molecular flexibility index (Phi) is 5.51. The summed E-state index contributed by atoms with van der Waals surface area (Å²) in [5.74, 6) is 1.13. The first-order valence-electron chi connectivity index (χ1n) is 7.62. The molecule has 21 heavy (non-hydrogen) atoms. The van der Waals surface area contributed by atoms with E-state index in [4.69, 9.17) is 10.7 Å². The fraction of sp³-hybridized carbons (Fsp3) is 0.471. The molecule has 0 aliphatic carbocycles. The average molecular weight is 289 g/mol. The lowest BCUT2D eigenvalue weighted by molar-refractivity contribution is 0.692. The molecule has 4 heteroatoms. The van der Waals surface area contributed by atoms with E-state index < -0.39 is 0 Å². The summed E-state index contributed by atoms with van der Waals surface area (Å²) >= 11 is 0. The molecule has 0 atom stereocenters. The number of imidazole rings is 1. The second kappa shape index (κ2) is 7.36. The van der Waals surface area contributed by atoms with Gasteiger partial charge in [0.25, 0.3) is 0 Å². The normalized spacial score (nSPS) is 12.3. The van der Waals surface area contributed by atoms with Crippen molar-refractivity contribution in [1.82, 2.24) is 9.55 Å². The number of hydrogen-bond acceptors (Lipinski definition) is 2. The van der Waals surface area contributed by atoms with Gasteiger partial charge in [0.15, 0.2) is 0 Å². The number of aryl methyl sites for hydroxylation is 3. The van der Waals surface area contributed by atoms with Gasteiger partial charge >= 0.3 is 0 Å². The van der Waals surface area contributed by atoms with Crippen molar-refractivity contribution in [2.45, 2.75) is 39.0 Å². The number of fused-ring (bicyclic) bond motifs is 1. The molecule has 2 aromatic rings. The van der Waals surface area contributed by atoms with Crippen LogP contribution in [0.1, 0.15) is 37.6 Å². The van der Waals surface area contributed by atoms with Gasteiger partial charge in [0.05, 0.1) is 17.4 Å². The summed E-state index contributed by atoms with van der Waals surface area (Å²) in [5.41, 5.74) is 9.53. The Morgan fingerprint density at radius 1 is 1.38 bits per heavy atom.